The van der Waals surface area contributed by atoms with Crippen LogP contribution in [0.25, 0.3) is 0 Å². The van der Waals surface area contributed by atoms with E-state index < -0.39 is 61.4 Å². The molecule has 42 heavy (non-hydrogen) atoms. The molecular formula is C32H62O10. The Kier molecular flexibility index (Phi) is 19.9. The summed E-state index contributed by atoms with van der Waals surface area (Å²) in [5, 5.41) is 21.6. The molecule has 0 aromatic heterocycles. The first kappa shape index (κ1) is 37.8. The Morgan fingerprint density at radius 2 is 1.02 bits per heavy atom. The van der Waals surface area contributed by atoms with Crippen LogP contribution < -0.4 is 0 Å². The minimum absolute atomic E-state index is 0.317. The summed E-state index contributed by atoms with van der Waals surface area (Å²) in [5.41, 5.74) is 0. The van der Waals surface area contributed by atoms with Crippen molar-refractivity contribution in [1.29, 1.82) is 0 Å². The van der Waals surface area contributed by atoms with Crippen molar-refractivity contribution in [2.24, 2.45) is 0 Å². The van der Waals surface area contributed by atoms with Crippen molar-refractivity contribution in [3.05, 3.63) is 0 Å². The van der Waals surface area contributed by atoms with Gasteiger partial charge in [-0.2, -0.15) is 0 Å². The Balaban J connectivity index is 2.41. The molecule has 10 nitrogen and oxygen atoms in total. The van der Waals surface area contributed by atoms with Gasteiger partial charge in [0.25, 0.3) is 0 Å². The van der Waals surface area contributed by atoms with Gasteiger partial charge in [0.05, 0.1) is 12.7 Å². The third-order valence-electron chi connectivity index (χ3n) is 7.81. The molecule has 2 aliphatic heterocycles. The molecule has 0 bridgehead atoms. The molecule has 0 radical (unpaired) electrons. The second-order valence-corrected chi connectivity index (χ2v) is 11.6. The van der Waals surface area contributed by atoms with Gasteiger partial charge in [-0.1, -0.05) is 66.7 Å². The summed E-state index contributed by atoms with van der Waals surface area (Å²) in [7, 11) is 0. The fourth-order valence-corrected chi connectivity index (χ4v) is 5.14. The highest BCUT2D eigenvalue weighted by Crippen LogP contribution is 2.34. The van der Waals surface area contributed by atoms with Crippen LogP contribution in [0.3, 0.4) is 0 Å². The minimum Gasteiger partial charge on any atom is -0.385 e. The van der Waals surface area contributed by atoms with Gasteiger partial charge in [0.2, 0.25) is 0 Å². The van der Waals surface area contributed by atoms with E-state index >= 15 is 0 Å². The zero-order chi connectivity index (χ0) is 30.7. The molecule has 2 aliphatic rings. The summed E-state index contributed by atoms with van der Waals surface area (Å²) >= 11 is 0. The number of aliphatic hydroxyl groups excluding tert-OH is 2. The molecule has 0 amide bonds. The minimum atomic E-state index is -1.41. The summed E-state index contributed by atoms with van der Waals surface area (Å²) < 4.78 is 50.4. The maximum atomic E-state index is 11.1. The van der Waals surface area contributed by atoms with Gasteiger partial charge in [0, 0.05) is 33.0 Å². The van der Waals surface area contributed by atoms with E-state index in [4.69, 9.17) is 37.9 Å². The number of rotatable bonds is 23. The topological polar surface area (TPSA) is 114 Å². The lowest BCUT2D eigenvalue weighted by Gasteiger charge is -2.49. The van der Waals surface area contributed by atoms with Crippen LogP contribution in [0.15, 0.2) is 0 Å². The van der Waals surface area contributed by atoms with Crippen LogP contribution in [0.2, 0.25) is 0 Å². The average Bonchev–Trinajstić information content (AvgIpc) is 2.97. The summed E-state index contributed by atoms with van der Waals surface area (Å²) in [5.74, 6) is 0. The molecule has 0 aromatic carbocycles. The zero-order valence-electron chi connectivity index (χ0n) is 27.2. The van der Waals surface area contributed by atoms with Gasteiger partial charge in [0.1, 0.15) is 42.7 Å². The van der Waals surface area contributed by atoms with E-state index in [0.717, 1.165) is 64.2 Å². The first-order chi connectivity index (χ1) is 20.4. The molecule has 10 atom stereocenters. The predicted octanol–water partition coefficient (Wildman–Crippen LogP) is 4.75. The van der Waals surface area contributed by atoms with Crippen LogP contribution in [0.5, 0.6) is 0 Å². The van der Waals surface area contributed by atoms with Gasteiger partial charge in [0.15, 0.2) is 12.6 Å². The smallest absolute Gasteiger partial charge is 0.187 e. The van der Waals surface area contributed by atoms with Gasteiger partial charge in [-0.05, 0) is 39.0 Å². The monoisotopic (exact) mass is 606 g/mol. The third kappa shape index (κ3) is 12.2. The quantitative estimate of drug-likeness (QED) is 0.158. The van der Waals surface area contributed by atoms with Gasteiger partial charge < -0.3 is 48.1 Å². The van der Waals surface area contributed by atoms with Crippen molar-refractivity contribution in [3.8, 4) is 0 Å². The van der Waals surface area contributed by atoms with Crippen LogP contribution in [0, 0.1) is 0 Å². The van der Waals surface area contributed by atoms with Crippen LogP contribution in [-0.2, 0) is 37.9 Å². The van der Waals surface area contributed by atoms with Crippen LogP contribution in [-0.4, -0.2) is 111 Å². The van der Waals surface area contributed by atoms with E-state index in [-0.39, 0.29) is 0 Å². The lowest BCUT2D eigenvalue weighted by molar-refractivity contribution is -0.366. The van der Waals surface area contributed by atoms with Crippen LogP contribution >= 0.6 is 0 Å². The van der Waals surface area contributed by atoms with Crippen LogP contribution in [0.4, 0.5) is 0 Å². The molecule has 250 valence electrons. The van der Waals surface area contributed by atoms with Gasteiger partial charge >= 0.3 is 0 Å². The second-order valence-electron chi connectivity index (χ2n) is 11.6. The second kappa shape index (κ2) is 22.2. The van der Waals surface area contributed by atoms with Crippen LogP contribution in [0.1, 0.15) is 106 Å². The Labute approximate surface area is 255 Å². The third-order valence-corrected chi connectivity index (χ3v) is 7.81. The Morgan fingerprint density at radius 3 is 1.57 bits per heavy atom. The molecule has 10 heteroatoms. The molecule has 0 aromatic rings. The lowest BCUT2D eigenvalue weighted by Crippen LogP contribution is -2.65. The van der Waals surface area contributed by atoms with Crippen molar-refractivity contribution < 1.29 is 48.1 Å². The fraction of sp³-hybridized carbons (Fsp3) is 1.00. The summed E-state index contributed by atoms with van der Waals surface area (Å²) in [6.07, 6.45) is 1.85. The number of hydrogen-bond acceptors (Lipinski definition) is 10. The Bertz CT molecular complexity index is 655. The first-order valence-corrected chi connectivity index (χ1v) is 16.8. The Morgan fingerprint density at radius 1 is 0.548 bits per heavy atom. The summed E-state index contributed by atoms with van der Waals surface area (Å²) in [6, 6.07) is 0. The summed E-state index contributed by atoms with van der Waals surface area (Å²) in [4.78, 5) is 0. The van der Waals surface area contributed by atoms with Crippen molar-refractivity contribution in [2.75, 3.05) is 39.6 Å². The summed E-state index contributed by atoms with van der Waals surface area (Å²) in [6.45, 7) is 15.5. The SMILES string of the molecule is CCCCOC[C@@H]1O[C@H](OC2[C@H](O)C(O)OC(C)[C@@H]2OCCCC)C(OCCCC)C(OCCCC)[C@@H]1OCCCC. The van der Waals surface area contributed by atoms with Gasteiger partial charge in [-0.3, -0.25) is 0 Å². The predicted molar refractivity (Wildman–Crippen MR) is 160 cm³/mol. The van der Waals surface area contributed by atoms with Crippen molar-refractivity contribution in [2.45, 2.75) is 167 Å². The fourth-order valence-electron chi connectivity index (χ4n) is 5.14. The number of aliphatic hydroxyl groups is 2. The van der Waals surface area contributed by atoms with E-state index in [9.17, 15) is 10.2 Å². The zero-order valence-corrected chi connectivity index (χ0v) is 27.2. The molecular weight excluding hydrogens is 544 g/mol. The van der Waals surface area contributed by atoms with Crippen molar-refractivity contribution in [3.63, 3.8) is 0 Å². The maximum absolute atomic E-state index is 11.1. The van der Waals surface area contributed by atoms with E-state index in [2.05, 4.69) is 34.6 Å². The van der Waals surface area contributed by atoms with E-state index in [1.54, 1.807) is 0 Å². The first-order valence-electron chi connectivity index (χ1n) is 16.8. The highest BCUT2D eigenvalue weighted by molar-refractivity contribution is 4.96. The van der Waals surface area contributed by atoms with Crippen molar-refractivity contribution >= 4 is 0 Å². The maximum Gasteiger partial charge on any atom is 0.187 e. The van der Waals surface area contributed by atoms with E-state index in [0.29, 0.717) is 39.6 Å². The number of hydrogen-bond donors (Lipinski definition) is 2. The van der Waals surface area contributed by atoms with Gasteiger partial charge in [-0.25, -0.2) is 0 Å². The Hall–Kier alpha value is -0.400. The normalized spacial score (nSPS) is 33.7. The largest absolute Gasteiger partial charge is 0.385 e. The van der Waals surface area contributed by atoms with Gasteiger partial charge in [-0.15, -0.1) is 0 Å². The highest BCUT2D eigenvalue weighted by atomic mass is 16.7. The molecule has 2 saturated heterocycles. The molecule has 0 spiro atoms. The molecule has 2 N–H and O–H groups in total. The van der Waals surface area contributed by atoms with Crippen molar-refractivity contribution in [1.82, 2.24) is 0 Å². The molecule has 2 fully saturated rings. The molecule has 0 aliphatic carbocycles. The molecule has 5 unspecified atom stereocenters. The number of ether oxygens (including phenoxy) is 8. The van der Waals surface area contributed by atoms with E-state index in [1.165, 1.54) is 0 Å². The standard InChI is InChI=1S/C32H62O10/c1-7-12-17-35-22-24-27(37-19-14-9-3)29(38-20-15-10-4)30(39-21-16-11-5)32(41-24)42-28-25(33)31(34)40-23(6)26(28)36-18-13-8-2/h23-34H,7-22H2,1-6H3/t23?,24-,25-,26-,27+,28?,29?,30?,31?,32+/m0/s1. The average molecular weight is 607 g/mol. The number of unbranched alkanes of at least 4 members (excludes halogenated alkanes) is 5. The van der Waals surface area contributed by atoms with E-state index in [1.807, 2.05) is 6.92 Å². The molecule has 2 heterocycles. The molecule has 2 rings (SSSR count). The molecule has 0 saturated carbocycles. The highest BCUT2D eigenvalue weighted by Gasteiger charge is 2.52. The lowest BCUT2D eigenvalue weighted by atomic mass is 9.96.